The Bertz CT molecular complexity index is 670. The van der Waals surface area contributed by atoms with Gasteiger partial charge in [-0.2, -0.15) is 0 Å². The number of carbonyl (C=O) groups excluding carboxylic acids is 1. The number of amides is 1. The third kappa shape index (κ3) is 4.89. The molecule has 1 aliphatic rings. The van der Waals surface area contributed by atoms with Crippen molar-refractivity contribution in [3.05, 3.63) is 23.4 Å². The fourth-order valence-corrected chi connectivity index (χ4v) is 3.91. The molecule has 1 saturated heterocycles. The lowest BCUT2D eigenvalue weighted by molar-refractivity contribution is -0.133. The van der Waals surface area contributed by atoms with E-state index in [4.69, 9.17) is 4.42 Å². The van der Waals surface area contributed by atoms with Gasteiger partial charge in [-0.1, -0.05) is 19.9 Å². The van der Waals surface area contributed by atoms with Gasteiger partial charge in [0.1, 0.15) is 0 Å². The summed E-state index contributed by atoms with van der Waals surface area (Å²) in [6.07, 6.45) is 3.35. The van der Waals surface area contributed by atoms with Crippen LogP contribution in [-0.4, -0.2) is 52.1 Å². The smallest absolute Gasteiger partial charge is 0.257 e. The third-order valence-corrected chi connectivity index (χ3v) is 5.33. The highest BCUT2D eigenvalue weighted by atomic mass is 32.1. The van der Waals surface area contributed by atoms with E-state index < -0.39 is 0 Å². The third-order valence-electron chi connectivity index (χ3n) is 4.47. The van der Waals surface area contributed by atoms with E-state index in [0.717, 1.165) is 24.4 Å². The van der Waals surface area contributed by atoms with Crippen molar-refractivity contribution in [2.24, 2.45) is 5.92 Å². The van der Waals surface area contributed by atoms with Gasteiger partial charge >= 0.3 is 0 Å². The molecule has 0 N–H and O–H groups in total. The zero-order valence-corrected chi connectivity index (χ0v) is 15.8. The first kappa shape index (κ1) is 18.1. The second-order valence-electron chi connectivity index (χ2n) is 6.78. The van der Waals surface area contributed by atoms with Gasteiger partial charge in [0.05, 0.1) is 18.0 Å². The minimum atomic E-state index is 0.145. The Labute approximate surface area is 152 Å². The van der Waals surface area contributed by atoms with Gasteiger partial charge in [0, 0.05) is 13.1 Å². The molecular weight excluding hydrogens is 336 g/mol. The van der Waals surface area contributed by atoms with Crippen molar-refractivity contribution in [1.82, 2.24) is 20.0 Å². The van der Waals surface area contributed by atoms with Crippen LogP contribution in [0.4, 0.5) is 0 Å². The van der Waals surface area contributed by atoms with Crippen LogP contribution in [0.25, 0.3) is 10.8 Å². The molecule has 3 rings (SSSR count). The van der Waals surface area contributed by atoms with Crippen LogP contribution in [0.5, 0.6) is 0 Å². The second-order valence-corrected chi connectivity index (χ2v) is 7.72. The van der Waals surface area contributed by atoms with Crippen molar-refractivity contribution >= 4 is 17.2 Å². The van der Waals surface area contributed by atoms with Crippen LogP contribution < -0.4 is 0 Å². The molecule has 1 atom stereocenters. The zero-order chi connectivity index (χ0) is 17.6. The molecule has 7 heteroatoms. The number of likely N-dealkylation sites (tertiary alicyclic amines) is 1. The lowest BCUT2D eigenvalue weighted by Crippen LogP contribution is -2.43. The van der Waals surface area contributed by atoms with Crippen LogP contribution in [0.15, 0.2) is 21.9 Å². The predicted molar refractivity (Wildman–Crippen MR) is 98.2 cm³/mol. The maximum absolute atomic E-state index is 12.7. The van der Waals surface area contributed by atoms with E-state index in [-0.39, 0.29) is 5.91 Å². The Morgan fingerprint density at radius 1 is 1.48 bits per heavy atom. The van der Waals surface area contributed by atoms with Gasteiger partial charge in [-0.05, 0) is 43.2 Å². The van der Waals surface area contributed by atoms with Crippen LogP contribution in [0, 0.1) is 5.92 Å². The summed E-state index contributed by atoms with van der Waals surface area (Å²) < 4.78 is 5.74. The van der Waals surface area contributed by atoms with Gasteiger partial charge in [-0.25, -0.2) is 0 Å². The van der Waals surface area contributed by atoms with E-state index in [2.05, 4.69) is 28.9 Å². The number of hydrogen-bond donors (Lipinski definition) is 0. The molecule has 25 heavy (non-hydrogen) atoms. The first-order chi connectivity index (χ1) is 12.2. The molecule has 2 aromatic heterocycles. The molecule has 0 aliphatic carbocycles. The zero-order valence-electron chi connectivity index (χ0n) is 15.0. The Kier molecular flexibility index (Phi) is 6.20. The van der Waals surface area contributed by atoms with Gasteiger partial charge < -0.3 is 9.32 Å². The molecule has 1 amide bonds. The summed E-state index contributed by atoms with van der Waals surface area (Å²) in [5.74, 6) is 1.84. The second kappa shape index (κ2) is 8.58. The highest BCUT2D eigenvalue weighted by molar-refractivity contribution is 7.13. The lowest BCUT2D eigenvalue weighted by Gasteiger charge is -2.32. The van der Waals surface area contributed by atoms with E-state index >= 15 is 0 Å². The Morgan fingerprint density at radius 2 is 2.36 bits per heavy atom. The van der Waals surface area contributed by atoms with Crippen molar-refractivity contribution < 1.29 is 9.21 Å². The summed E-state index contributed by atoms with van der Waals surface area (Å²) in [6.45, 7) is 7.93. The summed E-state index contributed by atoms with van der Waals surface area (Å²) in [6, 6.07) is 3.91. The summed E-state index contributed by atoms with van der Waals surface area (Å²) in [4.78, 5) is 17.8. The van der Waals surface area contributed by atoms with Crippen LogP contribution >= 0.6 is 11.3 Å². The molecule has 2 aromatic rings. The maximum Gasteiger partial charge on any atom is 0.257 e. The quantitative estimate of drug-likeness (QED) is 0.756. The van der Waals surface area contributed by atoms with Crippen LogP contribution in [0.2, 0.25) is 0 Å². The minimum absolute atomic E-state index is 0.145. The first-order valence-electron chi connectivity index (χ1n) is 9.02. The molecule has 0 aromatic carbocycles. The predicted octanol–water partition coefficient (Wildman–Crippen LogP) is 3.27. The molecule has 136 valence electrons. The van der Waals surface area contributed by atoms with Gasteiger partial charge in [0.15, 0.2) is 0 Å². The van der Waals surface area contributed by atoms with Crippen molar-refractivity contribution in [2.45, 2.75) is 39.7 Å². The van der Waals surface area contributed by atoms with E-state index in [1.165, 1.54) is 12.8 Å². The molecule has 0 spiro atoms. The summed E-state index contributed by atoms with van der Waals surface area (Å²) in [5.41, 5.74) is 0. The minimum Gasteiger partial charge on any atom is -0.418 e. The van der Waals surface area contributed by atoms with Crippen molar-refractivity contribution in [3.8, 4) is 10.8 Å². The fourth-order valence-electron chi connectivity index (χ4n) is 3.26. The van der Waals surface area contributed by atoms with E-state index in [1.807, 2.05) is 22.4 Å². The molecule has 1 fully saturated rings. The van der Waals surface area contributed by atoms with Gasteiger partial charge in [-0.15, -0.1) is 21.5 Å². The molecule has 1 aliphatic heterocycles. The lowest BCUT2D eigenvalue weighted by atomic mass is 10.0. The highest BCUT2D eigenvalue weighted by Gasteiger charge is 2.23. The fraction of sp³-hybridized carbons (Fsp3) is 0.611. The largest absolute Gasteiger partial charge is 0.418 e. The number of piperidine rings is 1. The van der Waals surface area contributed by atoms with E-state index in [0.29, 0.717) is 37.3 Å². The van der Waals surface area contributed by atoms with Gasteiger partial charge in [0.2, 0.25) is 11.8 Å². The Morgan fingerprint density at radius 3 is 3.08 bits per heavy atom. The highest BCUT2D eigenvalue weighted by Crippen LogP contribution is 2.23. The van der Waals surface area contributed by atoms with Crippen LogP contribution in [0.1, 0.15) is 39.0 Å². The molecular formula is C18H26N4O2S. The first-order valence-corrected chi connectivity index (χ1v) is 9.90. The van der Waals surface area contributed by atoms with Crippen molar-refractivity contribution in [1.29, 1.82) is 0 Å². The molecule has 1 unspecified atom stereocenters. The number of aromatic nitrogens is 2. The number of carbonyl (C=O) groups is 1. The average molecular weight is 362 g/mol. The molecule has 0 radical (unpaired) electrons. The molecule has 6 nitrogen and oxygen atoms in total. The number of rotatable bonds is 7. The van der Waals surface area contributed by atoms with Gasteiger partial charge in [0.25, 0.3) is 5.89 Å². The average Bonchev–Trinajstić information content (AvgIpc) is 3.26. The Hall–Kier alpha value is -1.73. The number of thiophene rings is 1. The monoisotopic (exact) mass is 362 g/mol. The Balaban J connectivity index is 1.61. The topological polar surface area (TPSA) is 62.5 Å². The standard InChI is InChI=1S/C18H26N4O2S/c1-3-8-22(17(23)13-21-9-4-6-14(2)11-21)12-16-19-20-18(24-16)15-7-5-10-25-15/h5,7,10,14H,3-4,6,8-9,11-13H2,1-2H3. The van der Waals surface area contributed by atoms with E-state index in [1.54, 1.807) is 11.3 Å². The van der Waals surface area contributed by atoms with Crippen LogP contribution in [0.3, 0.4) is 0 Å². The van der Waals surface area contributed by atoms with Crippen molar-refractivity contribution in [3.63, 3.8) is 0 Å². The number of nitrogens with zero attached hydrogens (tertiary/aromatic N) is 4. The molecule has 3 heterocycles. The summed E-state index contributed by atoms with van der Waals surface area (Å²) >= 11 is 1.56. The summed E-state index contributed by atoms with van der Waals surface area (Å²) in [7, 11) is 0. The number of hydrogen-bond acceptors (Lipinski definition) is 6. The van der Waals surface area contributed by atoms with Gasteiger partial charge in [-0.3, -0.25) is 9.69 Å². The summed E-state index contributed by atoms with van der Waals surface area (Å²) in [5, 5.41) is 10.2. The SMILES string of the molecule is CCCN(Cc1nnc(-c2cccs2)o1)C(=O)CN1CCCC(C)C1. The van der Waals surface area contributed by atoms with E-state index in [9.17, 15) is 4.79 Å². The molecule has 0 bridgehead atoms. The van der Waals surface area contributed by atoms with Crippen LogP contribution in [-0.2, 0) is 11.3 Å². The maximum atomic E-state index is 12.7. The molecule has 0 saturated carbocycles. The van der Waals surface area contributed by atoms with Crippen molar-refractivity contribution in [2.75, 3.05) is 26.2 Å². The normalized spacial score (nSPS) is 18.4.